The van der Waals surface area contributed by atoms with Gasteiger partial charge in [-0.25, -0.2) is 9.67 Å². The number of amides is 2. The fraction of sp³-hybridized carbons (Fsp3) is 0.258. The van der Waals surface area contributed by atoms with Gasteiger partial charge in [0.15, 0.2) is 0 Å². The van der Waals surface area contributed by atoms with Gasteiger partial charge >= 0.3 is 0 Å². The lowest BCUT2D eigenvalue weighted by Gasteiger charge is -2.45. The Kier molecular flexibility index (Phi) is 6.25. The van der Waals surface area contributed by atoms with E-state index in [0.29, 0.717) is 24.2 Å². The van der Waals surface area contributed by atoms with Gasteiger partial charge in [-0.05, 0) is 79.9 Å². The predicted molar refractivity (Wildman–Crippen MR) is 161 cm³/mol. The van der Waals surface area contributed by atoms with Crippen molar-refractivity contribution < 1.29 is 14.7 Å². The van der Waals surface area contributed by atoms with Gasteiger partial charge in [0, 0.05) is 22.3 Å². The van der Waals surface area contributed by atoms with Gasteiger partial charge in [-0.1, -0.05) is 33.3 Å². The lowest BCUT2D eigenvalue weighted by molar-refractivity contribution is -0.120. The number of imidazole rings is 1. The minimum Gasteiger partial charge on any atom is -0.380 e. The number of fused-ring (bicyclic) bond motifs is 1. The number of carbonyl (C=O) groups is 2. The van der Waals surface area contributed by atoms with Crippen molar-refractivity contribution in [3.63, 3.8) is 0 Å². The first kappa shape index (κ1) is 26.5. The maximum Gasteiger partial charge on any atom is 0.254 e. The van der Waals surface area contributed by atoms with Gasteiger partial charge < -0.3 is 14.9 Å². The van der Waals surface area contributed by atoms with Gasteiger partial charge in [-0.15, -0.1) is 5.10 Å². The summed E-state index contributed by atoms with van der Waals surface area (Å²) in [6.07, 6.45) is 3.99. The zero-order chi connectivity index (χ0) is 29.2. The number of likely N-dealkylation sites (tertiary alicyclic amines) is 1. The molecule has 5 aromatic rings. The Morgan fingerprint density at radius 1 is 1.05 bits per heavy atom. The van der Waals surface area contributed by atoms with Gasteiger partial charge in [-0.2, -0.15) is 0 Å². The van der Waals surface area contributed by atoms with E-state index < -0.39 is 11.6 Å². The smallest absolute Gasteiger partial charge is 0.254 e. The molecule has 0 bridgehead atoms. The van der Waals surface area contributed by atoms with Crippen LogP contribution in [0.5, 0.6) is 0 Å². The third kappa shape index (κ3) is 4.40. The van der Waals surface area contributed by atoms with E-state index in [-0.39, 0.29) is 24.9 Å². The molecule has 1 unspecified atom stereocenters. The van der Waals surface area contributed by atoms with Crippen LogP contribution in [-0.4, -0.2) is 66.0 Å². The molecule has 2 aliphatic rings. The number of anilines is 1. The molecule has 2 aliphatic heterocycles. The molecule has 2 fully saturated rings. The Morgan fingerprint density at radius 3 is 2.62 bits per heavy atom. The molecule has 10 nitrogen and oxygen atoms in total. The zero-order valence-electron chi connectivity index (χ0n) is 23.1. The van der Waals surface area contributed by atoms with E-state index >= 15 is 0 Å². The van der Waals surface area contributed by atoms with Crippen LogP contribution in [0.1, 0.15) is 39.6 Å². The summed E-state index contributed by atoms with van der Waals surface area (Å²) in [5.41, 5.74) is 5.34. The number of aryl methyl sites for hydroxylation is 2. The van der Waals surface area contributed by atoms with Gasteiger partial charge in [0.2, 0.25) is 0 Å². The quantitative estimate of drug-likeness (QED) is 0.312. The number of β-amino-alcohol motifs (C(OH)–C–C–N with tert-alkyl or cyclic N) is 1. The Balaban J connectivity index is 1.04. The third-order valence-corrected chi connectivity index (χ3v) is 8.76. The van der Waals surface area contributed by atoms with Crippen molar-refractivity contribution in [2.24, 2.45) is 0 Å². The number of benzene rings is 3. The van der Waals surface area contributed by atoms with Crippen LogP contribution in [0, 0.1) is 13.8 Å². The second-order valence-corrected chi connectivity index (χ2v) is 12.1. The number of rotatable bonds is 5. The summed E-state index contributed by atoms with van der Waals surface area (Å²) < 4.78 is 4.51. The number of aromatic nitrogens is 5. The van der Waals surface area contributed by atoms with Crippen LogP contribution in [-0.2, 0) is 10.4 Å². The molecular formula is C31H28BrN7O3. The first-order valence-corrected chi connectivity index (χ1v) is 14.6. The van der Waals surface area contributed by atoms with Crippen LogP contribution >= 0.6 is 15.9 Å². The van der Waals surface area contributed by atoms with E-state index in [1.54, 1.807) is 34.5 Å². The highest BCUT2D eigenvalue weighted by Crippen LogP contribution is 2.34. The summed E-state index contributed by atoms with van der Waals surface area (Å²) in [5.74, 6) is -0.257. The predicted octanol–water partition coefficient (Wildman–Crippen LogP) is 4.32. The maximum atomic E-state index is 13.3. The summed E-state index contributed by atoms with van der Waals surface area (Å²) in [6, 6.07) is 18.9. The molecule has 2 amide bonds. The summed E-state index contributed by atoms with van der Waals surface area (Å²) in [6.45, 7) is 4.86. The highest BCUT2D eigenvalue weighted by Gasteiger charge is 2.48. The van der Waals surface area contributed by atoms with Gasteiger partial charge in [0.25, 0.3) is 11.8 Å². The topological polar surface area (TPSA) is 109 Å². The maximum absolute atomic E-state index is 13.3. The highest BCUT2D eigenvalue weighted by molar-refractivity contribution is 9.10. The van der Waals surface area contributed by atoms with E-state index in [9.17, 15) is 14.7 Å². The first-order chi connectivity index (χ1) is 20.2. The Bertz CT molecular complexity index is 1860. The van der Waals surface area contributed by atoms with E-state index in [1.165, 1.54) is 4.68 Å². The minimum atomic E-state index is -1.32. The number of aliphatic hydroxyl groups is 1. The van der Waals surface area contributed by atoms with Crippen molar-refractivity contribution in [3.8, 4) is 5.69 Å². The van der Waals surface area contributed by atoms with Crippen LogP contribution in [0.15, 0.2) is 77.7 Å². The highest BCUT2D eigenvalue weighted by atomic mass is 79.9. The first-order valence-electron chi connectivity index (χ1n) is 13.8. The van der Waals surface area contributed by atoms with Gasteiger partial charge in [-0.3, -0.25) is 14.2 Å². The number of hydrogen-bond donors (Lipinski definition) is 1. The van der Waals surface area contributed by atoms with Gasteiger partial charge in [0.05, 0.1) is 36.0 Å². The zero-order valence-corrected chi connectivity index (χ0v) is 24.7. The Hall–Kier alpha value is -4.35. The molecule has 11 heteroatoms. The van der Waals surface area contributed by atoms with E-state index in [4.69, 9.17) is 0 Å². The molecule has 0 saturated carbocycles. The number of carbonyl (C=O) groups excluding carboxylic acids is 2. The SMILES string of the molecule is Cc1ccc(C)c(-n2cnc3cc(C(=O)N4CC(O)(c5cn(C6CCN(c7ccc(Br)cc7)C6=O)nn5)C4)ccc32)c1. The van der Waals surface area contributed by atoms with Crippen LogP contribution in [0.2, 0.25) is 0 Å². The van der Waals surface area contributed by atoms with Crippen molar-refractivity contribution in [1.82, 2.24) is 29.4 Å². The summed E-state index contributed by atoms with van der Waals surface area (Å²) >= 11 is 3.42. The molecule has 1 atom stereocenters. The third-order valence-electron chi connectivity index (χ3n) is 8.23. The summed E-state index contributed by atoms with van der Waals surface area (Å²) in [4.78, 5) is 34.3. The Labute approximate surface area is 250 Å². The lowest BCUT2D eigenvalue weighted by atomic mass is 9.90. The normalized spacial score (nSPS) is 18.1. The summed E-state index contributed by atoms with van der Waals surface area (Å²) in [7, 11) is 0. The lowest BCUT2D eigenvalue weighted by Crippen LogP contribution is -2.61. The molecule has 212 valence electrons. The van der Waals surface area contributed by atoms with Crippen molar-refractivity contribution in [2.75, 3.05) is 24.5 Å². The molecule has 0 aliphatic carbocycles. The molecule has 0 spiro atoms. The fourth-order valence-electron chi connectivity index (χ4n) is 5.82. The molecule has 2 aromatic heterocycles. The average molecular weight is 627 g/mol. The summed E-state index contributed by atoms with van der Waals surface area (Å²) in [5, 5.41) is 19.6. The average Bonchev–Trinajstić information content (AvgIpc) is 3.71. The van der Waals surface area contributed by atoms with Crippen molar-refractivity contribution in [1.29, 1.82) is 0 Å². The second-order valence-electron chi connectivity index (χ2n) is 11.2. The number of hydrogen-bond acceptors (Lipinski definition) is 6. The molecule has 2 saturated heterocycles. The van der Waals surface area contributed by atoms with E-state index in [2.05, 4.69) is 63.3 Å². The molecule has 7 rings (SSSR count). The number of nitrogens with zero attached hydrogens (tertiary/aromatic N) is 7. The molecular weight excluding hydrogens is 598 g/mol. The largest absolute Gasteiger partial charge is 0.380 e. The molecule has 1 N–H and O–H groups in total. The second kappa shape index (κ2) is 9.88. The van der Waals surface area contributed by atoms with Crippen molar-refractivity contribution in [3.05, 3.63) is 100 Å². The van der Waals surface area contributed by atoms with Gasteiger partial charge in [0.1, 0.15) is 23.7 Å². The molecule has 42 heavy (non-hydrogen) atoms. The minimum absolute atomic E-state index is 0.0680. The molecule has 4 heterocycles. The van der Waals surface area contributed by atoms with Crippen molar-refractivity contribution in [2.45, 2.75) is 31.9 Å². The van der Waals surface area contributed by atoms with Crippen molar-refractivity contribution >= 4 is 44.5 Å². The van der Waals surface area contributed by atoms with Crippen LogP contribution in [0.4, 0.5) is 5.69 Å². The van der Waals surface area contributed by atoms with E-state index in [0.717, 1.165) is 38.0 Å². The van der Waals surface area contributed by atoms with Crippen LogP contribution in [0.3, 0.4) is 0 Å². The Morgan fingerprint density at radius 2 is 1.83 bits per heavy atom. The van der Waals surface area contributed by atoms with Crippen LogP contribution < -0.4 is 4.90 Å². The molecule has 0 radical (unpaired) electrons. The fourth-order valence-corrected chi connectivity index (χ4v) is 6.08. The molecule has 3 aromatic carbocycles. The van der Waals surface area contributed by atoms with E-state index in [1.807, 2.05) is 34.9 Å². The monoisotopic (exact) mass is 625 g/mol. The number of halogens is 1. The van der Waals surface area contributed by atoms with Crippen LogP contribution in [0.25, 0.3) is 16.7 Å². The standard InChI is InChI=1S/C31H28BrN7O3/c1-19-3-4-20(2)27(13-19)38-18-33-24-14-21(5-10-25(24)38)29(40)36-16-31(42,17-36)28-15-39(35-34-28)26-11-12-37(30(26)41)23-8-6-22(32)7-9-23/h3-10,13-15,18,26,42H,11-12,16-17H2,1-2H3.